The van der Waals surface area contributed by atoms with Crippen LogP contribution >= 0.6 is 0 Å². The molecule has 0 radical (unpaired) electrons. The summed E-state index contributed by atoms with van der Waals surface area (Å²) in [5, 5.41) is 12.9. The van der Waals surface area contributed by atoms with E-state index < -0.39 is 0 Å². The van der Waals surface area contributed by atoms with Gasteiger partial charge < -0.3 is 20.1 Å². The standard InChI is InChI=1S/C14H30N2O2/c1-12(2)15-14(3,11-17)10-16(4)7-8-18-9-13-5-6-13/h12-13,15,17H,5-11H2,1-4H3. The van der Waals surface area contributed by atoms with Gasteiger partial charge in [-0.3, -0.25) is 0 Å². The number of likely N-dealkylation sites (N-methyl/N-ethyl adjacent to an activating group) is 1. The summed E-state index contributed by atoms with van der Waals surface area (Å²) in [6.45, 7) is 9.88. The van der Waals surface area contributed by atoms with Crippen LogP contribution in [0.25, 0.3) is 0 Å². The minimum atomic E-state index is -0.237. The van der Waals surface area contributed by atoms with Crippen molar-refractivity contribution < 1.29 is 9.84 Å². The Hall–Kier alpha value is -0.160. The van der Waals surface area contributed by atoms with Crippen LogP contribution in [0.15, 0.2) is 0 Å². The van der Waals surface area contributed by atoms with Gasteiger partial charge in [-0.2, -0.15) is 0 Å². The number of rotatable bonds is 10. The van der Waals surface area contributed by atoms with Crippen molar-refractivity contribution in [2.45, 2.75) is 45.2 Å². The summed E-state index contributed by atoms with van der Waals surface area (Å²) in [7, 11) is 2.08. The smallest absolute Gasteiger partial charge is 0.0623 e. The van der Waals surface area contributed by atoms with Crippen LogP contribution in [0, 0.1) is 5.92 Å². The predicted molar refractivity (Wildman–Crippen MR) is 74.8 cm³/mol. The first kappa shape index (κ1) is 15.9. The van der Waals surface area contributed by atoms with Crippen LogP contribution in [0.1, 0.15) is 33.6 Å². The highest BCUT2D eigenvalue weighted by Crippen LogP contribution is 2.28. The van der Waals surface area contributed by atoms with Crippen LogP contribution in [-0.4, -0.2) is 61.5 Å². The molecule has 1 saturated carbocycles. The molecule has 2 N–H and O–H groups in total. The summed E-state index contributed by atoms with van der Waals surface area (Å²) in [6.07, 6.45) is 2.69. The largest absolute Gasteiger partial charge is 0.394 e. The van der Waals surface area contributed by atoms with Crippen molar-refractivity contribution in [2.24, 2.45) is 5.92 Å². The summed E-state index contributed by atoms with van der Waals surface area (Å²) < 4.78 is 5.63. The highest BCUT2D eigenvalue weighted by atomic mass is 16.5. The van der Waals surface area contributed by atoms with Gasteiger partial charge in [0.2, 0.25) is 0 Å². The molecule has 0 spiro atoms. The van der Waals surface area contributed by atoms with E-state index in [1.54, 1.807) is 0 Å². The van der Waals surface area contributed by atoms with Gasteiger partial charge in [-0.15, -0.1) is 0 Å². The first-order valence-electron chi connectivity index (χ1n) is 7.10. The Morgan fingerprint density at radius 2 is 2.11 bits per heavy atom. The molecule has 1 rings (SSSR count). The van der Waals surface area contributed by atoms with Crippen molar-refractivity contribution in [3.63, 3.8) is 0 Å². The molecule has 0 aromatic heterocycles. The molecule has 1 atom stereocenters. The highest BCUT2D eigenvalue weighted by Gasteiger charge is 2.25. The quantitative estimate of drug-likeness (QED) is 0.576. The fourth-order valence-electron chi connectivity index (χ4n) is 2.27. The minimum absolute atomic E-state index is 0.151. The molecule has 108 valence electrons. The maximum Gasteiger partial charge on any atom is 0.0623 e. The number of nitrogens with zero attached hydrogens (tertiary/aromatic N) is 1. The molecule has 0 aromatic rings. The fourth-order valence-corrected chi connectivity index (χ4v) is 2.27. The van der Waals surface area contributed by atoms with Gasteiger partial charge in [0.05, 0.1) is 18.8 Å². The van der Waals surface area contributed by atoms with Gasteiger partial charge in [-0.05, 0) is 32.7 Å². The van der Waals surface area contributed by atoms with Crippen molar-refractivity contribution in [1.82, 2.24) is 10.2 Å². The van der Waals surface area contributed by atoms with Crippen LogP contribution in [-0.2, 0) is 4.74 Å². The summed E-state index contributed by atoms with van der Waals surface area (Å²) in [5.41, 5.74) is -0.237. The third-order valence-electron chi connectivity index (χ3n) is 3.27. The monoisotopic (exact) mass is 258 g/mol. The van der Waals surface area contributed by atoms with Crippen LogP contribution in [0.3, 0.4) is 0 Å². The molecular weight excluding hydrogens is 228 g/mol. The zero-order chi connectivity index (χ0) is 13.6. The Balaban J connectivity index is 2.16. The van der Waals surface area contributed by atoms with Crippen molar-refractivity contribution in [3.05, 3.63) is 0 Å². The second-order valence-electron chi connectivity index (χ2n) is 6.27. The Morgan fingerprint density at radius 3 is 2.61 bits per heavy atom. The SMILES string of the molecule is CC(C)NC(C)(CO)CN(C)CCOCC1CC1. The molecule has 1 fully saturated rings. The van der Waals surface area contributed by atoms with E-state index in [1.165, 1.54) is 12.8 Å². The molecule has 0 heterocycles. The Morgan fingerprint density at radius 1 is 1.44 bits per heavy atom. The van der Waals surface area contributed by atoms with Crippen LogP contribution in [0.5, 0.6) is 0 Å². The Labute approximate surface area is 112 Å². The van der Waals surface area contributed by atoms with Crippen molar-refractivity contribution in [1.29, 1.82) is 0 Å². The normalized spacial score (nSPS) is 19.5. The van der Waals surface area contributed by atoms with Gasteiger partial charge in [0.15, 0.2) is 0 Å². The van der Waals surface area contributed by atoms with E-state index in [9.17, 15) is 5.11 Å². The highest BCUT2D eigenvalue weighted by molar-refractivity contribution is 4.86. The van der Waals surface area contributed by atoms with Crippen molar-refractivity contribution >= 4 is 0 Å². The molecule has 1 aliphatic rings. The summed E-state index contributed by atoms with van der Waals surface area (Å²) in [4.78, 5) is 2.22. The van der Waals surface area contributed by atoms with E-state index in [-0.39, 0.29) is 12.1 Å². The zero-order valence-corrected chi connectivity index (χ0v) is 12.4. The number of hydrogen-bond acceptors (Lipinski definition) is 4. The topological polar surface area (TPSA) is 44.7 Å². The lowest BCUT2D eigenvalue weighted by atomic mass is 10.0. The van der Waals surface area contributed by atoms with E-state index in [0.29, 0.717) is 6.04 Å². The number of aliphatic hydroxyl groups is 1. The second-order valence-corrected chi connectivity index (χ2v) is 6.27. The number of aliphatic hydroxyl groups excluding tert-OH is 1. The van der Waals surface area contributed by atoms with Gasteiger partial charge in [-0.25, -0.2) is 0 Å². The van der Waals surface area contributed by atoms with Crippen LogP contribution in [0.2, 0.25) is 0 Å². The van der Waals surface area contributed by atoms with Crippen LogP contribution < -0.4 is 5.32 Å². The van der Waals surface area contributed by atoms with E-state index >= 15 is 0 Å². The van der Waals surface area contributed by atoms with Gasteiger partial charge in [0, 0.05) is 25.7 Å². The molecular formula is C14H30N2O2. The summed E-state index contributed by atoms with van der Waals surface area (Å²) in [5.74, 6) is 0.834. The molecule has 0 amide bonds. The lowest BCUT2D eigenvalue weighted by Crippen LogP contribution is -2.55. The predicted octanol–water partition coefficient (Wildman–Crippen LogP) is 1.09. The minimum Gasteiger partial charge on any atom is -0.394 e. The molecule has 4 nitrogen and oxygen atoms in total. The Bertz CT molecular complexity index is 232. The van der Waals surface area contributed by atoms with E-state index in [0.717, 1.165) is 32.2 Å². The zero-order valence-electron chi connectivity index (χ0n) is 12.4. The summed E-state index contributed by atoms with van der Waals surface area (Å²) in [6, 6.07) is 0.377. The second kappa shape index (κ2) is 7.43. The van der Waals surface area contributed by atoms with Crippen molar-refractivity contribution in [3.8, 4) is 0 Å². The molecule has 0 aromatic carbocycles. The first-order chi connectivity index (χ1) is 8.45. The molecule has 0 saturated heterocycles. The molecule has 0 aliphatic heterocycles. The maximum absolute atomic E-state index is 9.52. The lowest BCUT2D eigenvalue weighted by molar-refractivity contribution is 0.0806. The molecule has 1 unspecified atom stereocenters. The van der Waals surface area contributed by atoms with Gasteiger partial charge >= 0.3 is 0 Å². The van der Waals surface area contributed by atoms with Crippen LogP contribution in [0.4, 0.5) is 0 Å². The lowest BCUT2D eigenvalue weighted by Gasteiger charge is -2.35. The Kier molecular flexibility index (Phi) is 6.57. The number of ether oxygens (including phenoxy) is 1. The average Bonchev–Trinajstić information content (AvgIpc) is 3.07. The average molecular weight is 258 g/mol. The van der Waals surface area contributed by atoms with Gasteiger partial charge in [0.25, 0.3) is 0 Å². The molecule has 4 heteroatoms. The van der Waals surface area contributed by atoms with E-state index in [2.05, 4.69) is 38.0 Å². The third kappa shape index (κ3) is 6.69. The molecule has 0 bridgehead atoms. The van der Waals surface area contributed by atoms with Gasteiger partial charge in [0.1, 0.15) is 0 Å². The van der Waals surface area contributed by atoms with Gasteiger partial charge in [-0.1, -0.05) is 13.8 Å². The third-order valence-corrected chi connectivity index (χ3v) is 3.27. The molecule has 18 heavy (non-hydrogen) atoms. The molecule has 1 aliphatic carbocycles. The number of nitrogens with one attached hydrogen (secondary N) is 1. The first-order valence-corrected chi connectivity index (χ1v) is 7.10. The maximum atomic E-state index is 9.52. The van der Waals surface area contributed by atoms with E-state index in [4.69, 9.17) is 4.74 Å². The summed E-state index contributed by atoms with van der Waals surface area (Å²) >= 11 is 0. The van der Waals surface area contributed by atoms with Crippen molar-refractivity contribution in [2.75, 3.05) is 40.0 Å². The van der Waals surface area contributed by atoms with E-state index in [1.807, 2.05) is 0 Å². The number of hydrogen-bond donors (Lipinski definition) is 2. The fraction of sp³-hybridized carbons (Fsp3) is 1.00.